The highest BCUT2D eigenvalue weighted by atomic mass is 16.5. The van der Waals surface area contributed by atoms with Crippen molar-refractivity contribution in [2.45, 2.75) is 31.8 Å². The Kier molecular flexibility index (Phi) is 9.35. The number of carbonyl (C=O) groups is 3. The molecule has 2 aromatic carbocycles. The number of rotatable bonds is 10. The first-order valence-corrected chi connectivity index (χ1v) is 13.7. The van der Waals surface area contributed by atoms with E-state index in [4.69, 9.17) is 18.9 Å². The highest BCUT2D eigenvalue weighted by molar-refractivity contribution is 5.79. The van der Waals surface area contributed by atoms with E-state index in [0.717, 1.165) is 17.5 Å². The maximum Gasteiger partial charge on any atom is 0.407 e. The minimum absolute atomic E-state index is 0.00539. The van der Waals surface area contributed by atoms with Gasteiger partial charge in [-0.2, -0.15) is 0 Å². The van der Waals surface area contributed by atoms with Crippen LogP contribution in [0.15, 0.2) is 54.6 Å². The van der Waals surface area contributed by atoms with Crippen LogP contribution < -0.4 is 15.4 Å². The van der Waals surface area contributed by atoms with E-state index in [1.807, 2.05) is 59.5 Å². The fraction of sp³-hybridized carbons (Fsp3) is 0.483. The lowest BCUT2D eigenvalue weighted by Crippen LogP contribution is -2.64. The van der Waals surface area contributed by atoms with E-state index in [2.05, 4.69) is 10.6 Å². The molecule has 2 aromatic rings. The number of likely N-dealkylation sites (tertiary alicyclic amines) is 2. The summed E-state index contributed by atoms with van der Waals surface area (Å²) in [6.45, 7) is 4.27. The standard InChI is InChI=1S/C29H36N4O7/c34-27-20-39-26-10-12-32(16-24(26)31-27)29(36)33-14-22(15-33)17-37-19-23-8-4-5-9-25(23)38-13-11-30-28(35)40-18-21-6-2-1-3-7-21/h1-9,22,24,26H,10-20H2,(H,30,35)(H,31,34)/t24-,26+/m1/s1. The number of nitrogens with one attached hydrogen (secondary N) is 2. The lowest BCUT2D eigenvalue weighted by molar-refractivity contribution is -0.139. The first kappa shape index (κ1) is 27.7. The smallest absolute Gasteiger partial charge is 0.407 e. The summed E-state index contributed by atoms with van der Waals surface area (Å²) in [5.41, 5.74) is 1.84. The molecular weight excluding hydrogens is 516 g/mol. The van der Waals surface area contributed by atoms with Crippen molar-refractivity contribution in [2.24, 2.45) is 5.92 Å². The lowest BCUT2D eigenvalue weighted by Gasteiger charge is -2.46. The van der Waals surface area contributed by atoms with Gasteiger partial charge in [0, 0.05) is 37.7 Å². The molecule has 0 aromatic heterocycles. The fourth-order valence-corrected chi connectivity index (χ4v) is 5.09. The summed E-state index contributed by atoms with van der Waals surface area (Å²) in [7, 11) is 0. The molecule has 0 aliphatic carbocycles. The molecule has 0 spiro atoms. The number of piperidine rings is 1. The van der Waals surface area contributed by atoms with Crippen LogP contribution in [0.3, 0.4) is 0 Å². The number of hydrogen-bond donors (Lipinski definition) is 2. The van der Waals surface area contributed by atoms with Crippen molar-refractivity contribution in [1.82, 2.24) is 20.4 Å². The van der Waals surface area contributed by atoms with Gasteiger partial charge in [-0.3, -0.25) is 4.79 Å². The number of hydrogen-bond acceptors (Lipinski definition) is 7. The number of nitrogens with zero attached hydrogens (tertiary/aromatic N) is 2. The van der Waals surface area contributed by atoms with Crippen LogP contribution in [0.1, 0.15) is 17.5 Å². The van der Waals surface area contributed by atoms with Gasteiger partial charge in [0.25, 0.3) is 0 Å². The van der Waals surface area contributed by atoms with Crippen LogP contribution in [0.2, 0.25) is 0 Å². The summed E-state index contributed by atoms with van der Waals surface area (Å²) in [6.07, 6.45) is 0.229. The summed E-state index contributed by atoms with van der Waals surface area (Å²) in [6, 6.07) is 17.0. The maximum atomic E-state index is 12.9. The average Bonchev–Trinajstić information content (AvgIpc) is 2.96. The molecule has 4 amide bonds. The van der Waals surface area contributed by atoms with Gasteiger partial charge in [0.2, 0.25) is 5.91 Å². The van der Waals surface area contributed by atoms with Crippen LogP contribution in [-0.2, 0) is 32.2 Å². The Labute approximate surface area is 233 Å². The minimum Gasteiger partial charge on any atom is -0.491 e. The van der Waals surface area contributed by atoms with Crippen molar-refractivity contribution in [3.8, 4) is 5.75 Å². The van der Waals surface area contributed by atoms with Gasteiger partial charge in [0.05, 0.1) is 31.9 Å². The number of alkyl carbamates (subject to hydrolysis) is 1. The molecule has 0 radical (unpaired) electrons. The highest BCUT2D eigenvalue weighted by Gasteiger charge is 2.40. The molecule has 3 aliphatic rings. The molecule has 3 aliphatic heterocycles. The van der Waals surface area contributed by atoms with E-state index in [-0.39, 0.29) is 43.2 Å². The fourth-order valence-electron chi connectivity index (χ4n) is 5.09. The van der Waals surface area contributed by atoms with Crippen LogP contribution >= 0.6 is 0 Å². The summed E-state index contributed by atoms with van der Waals surface area (Å²) < 4.78 is 22.6. The molecule has 0 saturated carbocycles. The van der Waals surface area contributed by atoms with Crippen molar-refractivity contribution in [3.63, 3.8) is 0 Å². The molecule has 3 heterocycles. The molecule has 2 atom stereocenters. The highest BCUT2D eigenvalue weighted by Crippen LogP contribution is 2.24. The normalized spacial score (nSPS) is 20.6. The van der Waals surface area contributed by atoms with E-state index in [1.165, 1.54) is 0 Å². The van der Waals surface area contributed by atoms with Crippen molar-refractivity contribution < 1.29 is 33.3 Å². The van der Waals surface area contributed by atoms with E-state index < -0.39 is 6.09 Å². The summed E-state index contributed by atoms with van der Waals surface area (Å²) in [5, 5.41) is 5.63. The molecule has 2 N–H and O–H groups in total. The van der Waals surface area contributed by atoms with Crippen LogP contribution in [0, 0.1) is 5.92 Å². The van der Waals surface area contributed by atoms with Crippen LogP contribution in [0.5, 0.6) is 5.75 Å². The van der Waals surface area contributed by atoms with Crippen LogP contribution in [0.4, 0.5) is 9.59 Å². The number of benzene rings is 2. The lowest BCUT2D eigenvalue weighted by atomic mass is 9.99. The Hall–Kier alpha value is -3.83. The van der Waals surface area contributed by atoms with Gasteiger partial charge in [0.15, 0.2) is 0 Å². The largest absolute Gasteiger partial charge is 0.491 e. The van der Waals surface area contributed by atoms with Gasteiger partial charge in [-0.1, -0.05) is 48.5 Å². The maximum absolute atomic E-state index is 12.9. The first-order valence-electron chi connectivity index (χ1n) is 13.7. The minimum atomic E-state index is -0.489. The van der Waals surface area contributed by atoms with E-state index >= 15 is 0 Å². The molecule has 40 heavy (non-hydrogen) atoms. The third-order valence-electron chi connectivity index (χ3n) is 7.25. The number of para-hydroxylation sites is 1. The van der Waals surface area contributed by atoms with Crippen molar-refractivity contribution in [3.05, 3.63) is 65.7 Å². The Balaban J connectivity index is 0.962. The molecule has 214 valence electrons. The second kappa shape index (κ2) is 13.5. The number of amides is 4. The molecule has 0 bridgehead atoms. The molecule has 5 rings (SSSR count). The first-order chi connectivity index (χ1) is 19.5. The summed E-state index contributed by atoms with van der Waals surface area (Å²) >= 11 is 0. The number of urea groups is 1. The number of carbonyl (C=O) groups excluding carboxylic acids is 3. The quantitative estimate of drug-likeness (QED) is 0.434. The van der Waals surface area contributed by atoms with Gasteiger partial charge in [0.1, 0.15) is 25.6 Å². The van der Waals surface area contributed by atoms with Crippen molar-refractivity contribution >= 4 is 18.0 Å². The average molecular weight is 553 g/mol. The van der Waals surface area contributed by atoms with Crippen molar-refractivity contribution in [2.75, 3.05) is 52.5 Å². The second-order valence-electron chi connectivity index (χ2n) is 10.3. The predicted octanol–water partition coefficient (Wildman–Crippen LogP) is 2.15. The summed E-state index contributed by atoms with van der Waals surface area (Å²) in [4.78, 5) is 40.1. The Morgan fingerprint density at radius 3 is 2.65 bits per heavy atom. The van der Waals surface area contributed by atoms with Gasteiger partial charge in [-0.25, -0.2) is 9.59 Å². The Morgan fingerprint density at radius 1 is 1.00 bits per heavy atom. The monoisotopic (exact) mass is 552 g/mol. The molecule has 3 fully saturated rings. The zero-order valence-corrected chi connectivity index (χ0v) is 22.5. The van der Waals surface area contributed by atoms with Gasteiger partial charge < -0.3 is 39.4 Å². The molecular formula is C29H36N4O7. The van der Waals surface area contributed by atoms with E-state index in [1.54, 1.807) is 4.90 Å². The predicted molar refractivity (Wildman–Crippen MR) is 145 cm³/mol. The number of morpholine rings is 1. The molecule has 11 heteroatoms. The number of fused-ring (bicyclic) bond motifs is 1. The zero-order chi connectivity index (χ0) is 27.7. The topological polar surface area (TPSA) is 119 Å². The molecule has 3 saturated heterocycles. The van der Waals surface area contributed by atoms with Crippen molar-refractivity contribution in [1.29, 1.82) is 0 Å². The summed E-state index contributed by atoms with van der Waals surface area (Å²) in [5.74, 6) is 0.854. The second-order valence-corrected chi connectivity index (χ2v) is 10.3. The Bertz CT molecular complexity index is 1160. The van der Waals surface area contributed by atoms with E-state index in [0.29, 0.717) is 58.3 Å². The van der Waals surface area contributed by atoms with Gasteiger partial charge >= 0.3 is 12.1 Å². The zero-order valence-electron chi connectivity index (χ0n) is 22.5. The van der Waals surface area contributed by atoms with Crippen LogP contribution in [-0.4, -0.2) is 92.5 Å². The van der Waals surface area contributed by atoms with Gasteiger partial charge in [-0.15, -0.1) is 0 Å². The Morgan fingerprint density at radius 2 is 1.80 bits per heavy atom. The third-order valence-corrected chi connectivity index (χ3v) is 7.25. The third kappa shape index (κ3) is 7.42. The van der Waals surface area contributed by atoms with E-state index in [9.17, 15) is 14.4 Å². The van der Waals surface area contributed by atoms with Crippen LogP contribution in [0.25, 0.3) is 0 Å². The molecule has 11 nitrogen and oxygen atoms in total. The number of ether oxygens (including phenoxy) is 4. The molecule has 0 unspecified atom stereocenters. The SMILES string of the molecule is O=C1CO[C@H]2CCN(C(=O)N3CC(COCc4ccccc4OCCNC(=O)OCc4ccccc4)C3)C[C@H]2N1. The van der Waals surface area contributed by atoms with Gasteiger partial charge in [-0.05, 0) is 18.1 Å².